The Morgan fingerprint density at radius 3 is 2.71 bits per heavy atom. The molecule has 5 rings (SSSR count). The van der Waals surface area contributed by atoms with E-state index in [2.05, 4.69) is 30.7 Å². The summed E-state index contributed by atoms with van der Waals surface area (Å²) in [6.07, 6.45) is 3.81. The van der Waals surface area contributed by atoms with Gasteiger partial charge in [-0.25, -0.2) is 0 Å². The number of carbonyl (C=O) groups excluding carboxylic acids is 1. The van der Waals surface area contributed by atoms with E-state index in [-0.39, 0.29) is 6.04 Å². The molecule has 4 N–H and O–H groups in total. The molecule has 0 saturated carbocycles. The maximum atomic E-state index is 12.1. The molecule has 3 aromatic heterocycles. The molecule has 0 bridgehead atoms. The number of aryl methyl sites for hydroxylation is 2. The van der Waals surface area contributed by atoms with Gasteiger partial charge in [-0.3, -0.25) is 14.2 Å². The maximum Gasteiger partial charge on any atom is 0.248 e. The number of nitrogens with zero attached hydrogens (tertiary/aromatic N) is 6. The van der Waals surface area contributed by atoms with Crippen molar-refractivity contribution in [2.24, 2.45) is 5.73 Å². The normalized spacial score (nSPS) is 15.0. The predicted octanol–water partition coefficient (Wildman–Crippen LogP) is 2.04. The van der Waals surface area contributed by atoms with Crippen LogP contribution in [0.2, 0.25) is 0 Å². The molecular formula is C21H25N9O. The third-order valence-corrected chi connectivity index (χ3v) is 5.84. The van der Waals surface area contributed by atoms with Crippen LogP contribution in [0.15, 0.2) is 24.4 Å². The summed E-state index contributed by atoms with van der Waals surface area (Å²) in [6, 6.07) is 5.83. The highest BCUT2D eigenvalue weighted by atomic mass is 16.1. The highest BCUT2D eigenvalue weighted by Crippen LogP contribution is 2.32. The molecule has 1 aliphatic rings. The van der Waals surface area contributed by atoms with Crippen LogP contribution >= 0.6 is 0 Å². The molecule has 1 fully saturated rings. The van der Waals surface area contributed by atoms with E-state index < -0.39 is 5.91 Å². The molecule has 1 amide bonds. The number of primary amides is 1. The Morgan fingerprint density at radius 2 is 1.97 bits per heavy atom. The van der Waals surface area contributed by atoms with E-state index in [1.54, 1.807) is 6.07 Å². The predicted molar refractivity (Wildman–Crippen MR) is 116 cm³/mol. The average molecular weight is 419 g/mol. The molecule has 1 aliphatic heterocycles. The Balaban J connectivity index is 1.63. The van der Waals surface area contributed by atoms with Gasteiger partial charge in [0, 0.05) is 23.1 Å². The smallest absolute Gasteiger partial charge is 0.248 e. The van der Waals surface area contributed by atoms with Gasteiger partial charge in [-0.15, -0.1) is 10.2 Å². The minimum absolute atomic E-state index is 0.280. The Labute approximate surface area is 178 Å². The number of carbonyl (C=O) groups is 1. The Hall–Kier alpha value is -3.53. The SMILES string of the molecule is CCn1nc(C)cc1-c1nnc(-c2cc(C(N)=O)cc3c2cnn3C2CCNCC2)[nH]1. The summed E-state index contributed by atoms with van der Waals surface area (Å²) in [5.74, 6) is 0.705. The van der Waals surface area contributed by atoms with Crippen LogP contribution in [0.5, 0.6) is 0 Å². The van der Waals surface area contributed by atoms with Crippen molar-refractivity contribution >= 4 is 16.8 Å². The number of amides is 1. The first-order chi connectivity index (χ1) is 15.0. The Bertz CT molecular complexity index is 1260. The highest BCUT2D eigenvalue weighted by Gasteiger charge is 2.22. The number of hydrogen-bond acceptors (Lipinski definition) is 6. The second-order valence-corrected chi connectivity index (χ2v) is 7.90. The van der Waals surface area contributed by atoms with Crippen LogP contribution in [-0.2, 0) is 6.54 Å². The summed E-state index contributed by atoms with van der Waals surface area (Å²) in [6.45, 7) is 6.60. The zero-order valence-electron chi connectivity index (χ0n) is 17.6. The molecule has 4 heterocycles. The van der Waals surface area contributed by atoms with Gasteiger partial charge >= 0.3 is 0 Å². The molecule has 0 radical (unpaired) electrons. The highest BCUT2D eigenvalue weighted by molar-refractivity contribution is 6.02. The third kappa shape index (κ3) is 3.38. The lowest BCUT2D eigenvalue weighted by atomic mass is 10.0. The molecule has 160 valence electrons. The van der Waals surface area contributed by atoms with Crippen molar-refractivity contribution < 1.29 is 4.79 Å². The maximum absolute atomic E-state index is 12.1. The molecule has 1 aromatic carbocycles. The van der Waals surface area contributed by atoms with E-state index in [1.165, 1.54) is 0 Å². The molecule has 10 heteroatoms. The topological polar surface area (TPSA) is 132 Å². The molecule has 0 unspecified atom stereocenters. The van der Waals surface area contributed by atoms with Crippen molar-refractivity contribution in [1.82, 2.24) is 40.1 Å². The number of H-pyrrole nitrogens is 1. The van der Waals surface area contributed by atoms with Gasteiger partial charge in [0.25, 0.3) is 0 Å². The number of rotatable bonds is 5. The van der Waals surface area contributed by atoms with Crippen LogP contribution in [0.4, 0.5) is 0 Å². The number of fused-ring (bicyclic) bond motifs is 1. The van der Waals surface area contributed by atoms with Crippen molar-refractivity contribution in [3.05, 3.63) is 35.7 Å². The zero-order valence-corrected chi connectivity index (χ0v) is 17.6. The standard InChI is InChI=1S/C21H25N9O/c1-3-29-18(8-12(2)28-29)21-25-20(26-27-21)15-9-13(19(22)31)10-17-16(15)11-24-30(17)14-4-6-23-7-5-14/h8-11,14,23H,3-7H2,1-2H3,(H2,22,31)(H,25,26,27). The molecule has 1 saturated heterocycles. The minimum atomic E-state index is -0.486. The van der Waals surface area contributed by atoms with E-state index in [9.17, 15) is 4.79 Å². The van der Waals surface area contributed by atoms with Crippen LogP contribution < -0.4 is 11.1 Å². The van der Waals surface area contributed by atoms with Crippen molar-refractivity contribution in [3.63, 3.8) is 0 Å². The fourth-order valence-electron chi connectivity index (χ4n) is 4.30. The van der Waals surface area contributed by atoms with E-state index in [4.69, 9.17) is 5.73 Å². The number of hydrogen-bond donors (Lipinski definition) is 3. The van der Waals surface area contributed by atoms with Gasteiger partial charge in [-0.05, 0) is 58.0 Å². The van der Waals surface area contributed by atoms with Crippen LogP contribution in [0.25, 0.3) is 33.8 Å². The first-order valence-electron chi connectivity index (χ1n) is 10.5. The number of nitrogens with one attached hydrogen (secondary N) is 2. The second kappa shape index (κ2) is 7.62. The van der Waals surface area contributed by atoms with Gasteiger partial charge < -0.3 is 16.0 Å². The fourth-order valence-corrected chi connectivity index (χ4v) is 4.30. The number of nitrogens with two attached hydrogens (primary N) is 1. The Morgan fingerprint density at radius 1 is 1.19 bits per heavy atom. The van der Waals surface area contributed by atoms with Crippen molar-refractivity contribution in [2.75, 3.05) is 13.1 Å². The lowest BCUT2D eigenvalue weighted by Crippen LogP contribution is -2.29. The average Bonchev–Trinajstić information content (AvgIpc) is 3.51. The van der Waals surface area contributed by atoms with E-state index in [0.717, 1.165) is 60.3 Å². The molecule has 0 atom stereocenters. The molecular weight excluding hydrogens is 394 g/mol. The molecule has 31 heavy (non-hydrogen) atoms. The van der Waals surface area contributed by atoms with E-state index in [1.807, 2.05) is 41.5 Å². The van der Waals surface area contributed by atoms with Crippen LogP contribution in [0.3, 0.4) is 0 Å². The van der Waals surface area contributed by atoms with Gasteiger partial charge in [0.2, 0.25) is 5.91 Å². The molecule has 0 aliphatic carbocycles. The minimum Gasteiger partial charge on any atom is -0.366 e. The summed E-state index contributed by atoms with van der Waals surface area (Å²) in [4.78, 5) is 15.4. The second-order valence-electron chi connectivity index (χ2n) is 7.90. The summed E-state index contributed by atoms with van der Waals surface area (Å²) in [5.41, 5.74) is 9.49. The molecule has 10 nitrogen and oxygen atoms in total. The van der Waals surface area contributed by atoms with Gasteiger partial charge in [-0.1, -0.05) is 0 Å². The Kier molecular flexibility index (Phi) is 4.78. The van der Waals surface area contributed by atoms with Crippen molar-refractivity contribution in [1.29, 1.82) is 0 Å². The quantitative estimate of drug-likeness (QED) is 0.453. The number of piperidine rings is 1. The van der Waals surface area contributed by atoms with Crippen LogP contribution in [0, 0.1) is 6.92 Å². The molecule has 0 spiro atoms. The summed E-state index contributed by atoms with van der Waals surface area (Å²) in [7, 11) is 0. The van der Waals surface area contributed by atoms with Gasteiger partial charge in [-0.2, -0.15) is 10.2 Å². The summed E-state index contributed by atoms with van der Waals surface area (Å²) < 4.78 is 3.89. The lowest BCUT2D eigenvalue weighted by molar-refractivity contribution is 0.100. The van der Waals surface area contributed by atoms with Crippen LogP contribution in [0.1, 0.15) is 41.9 Å². The number of aromatic amines is 1. The van der Waals surface area contributed by atoms with Crippen molar-refractivity contribution in [2.45, 2.75) is 39.3 Å². The monoisotopic (exact) mass is 419 g/mol. The van der Waals surface area contributed by atoms with Crippen LogP contribution in [-0.4, -0.2) is 53.7 Å². The third-order valence-electron chi connectivity index (χ3n) is 5.84. The van der Waals surface area contributed by atoms with Crippen molar-refractivity contribution in [3.8, 4) is 22.9 Å². The van der Waals surface area contributed by atoms with E-state index in [0.29, 0.717) is 17.2 Å². The summed E-state index contributed by atoms with van der Waals surface area (Å²) >= 11 is 0. The first kappa shape index (κ1) is 19.4. The number of benzene rings is 1. The molecule has 4 aromatic rings. The lowest BCUT2D eigenvalue weighted by Gasteiger charge is -2.23. The number of aromatic nitrogens is 7. The van der Waals surface area contributed by atoms with Gasteiger partial charge in [0.15, 0.2) is 11.6 Å². The first-order valence-corrected chi connectivity index (χ1v) is 10.5. The fraction of sp³-hybridized carbons (Fsp3) is 0.381. The van der Waals surface area contributed by atoms with E-state index >= 15 is 0 Å². The largest absolute Gasteiger partial charge is 0.366 e. The zero-order chi connectivity index (χ0) is 21.5. The summed E-state index contributed by atoms with van der Waals surface area (Å²) in [5, 5.41) is 22.1. The van der Waals surface area contributed by atoms with Gasteiger partial charge in [0.1, 0.15) is 5.69 Å². The van der Waals surface area contributed by atoms with Gasteiger partial charge in [0.05, 0.1) is 23.4 Å².